The molecule has 0 saturated carbocycles. The maximum Gasteiger partial charge on any atom is 0.337 e. The third kappa shape index (κ3) is 5.82. The lowest BCUT2D eigenvalue weighted by atomic mass is 9.91. The van der Waals surface area contributed by atoms with E-state index in [4.69, 9.17) is 9.15 Å². The van der Waals surface area contributed by atoms with Crippen LogP contribution in [0.3, 0.4) is 0 Å². The first-order valence-corrected chi connectivity index (χ1v) is 10.9. The molecule has 0 bridgehead atoms. The highest BCUT2D eigenvalue weighted by Gasteiger charge is 2.27. The summed E-state index contributed by atoms with van der Waals surface area (Å²) in [5, 5.41) is 10.4. The van der Waals surface area contributed by atoms with Crippen LogP contribution in [0.25, 0.3) is 0 Å². The zero-order chi connectivity index (χ0) is 24.8. The van der Waals surface area contributed by atoms with Crippen molar-refractivity contribution in [2.75, 3.05) is 14.2 Å². The van der Waals surface area contributed by atoms with Gasteiger partial charge in [-0.05, 0) is 29.8 Å². The second-order valence-corrected chi connectivity index (χ2v) is 8.12. The van der Waals surface area contributed by atoms with Gasteiger partial charge in [-0.2, -0.15) is 0 Å². The topological polar surface area (TPSA) is 103 Å². The first-order chi connectivity index (χ1) is 16.2. The largest absolute Gasteiger partial charge is 0.502 e. The van der Waals surface area contributed by atoms with Crippen molar-refractivity contribution in [3.63, 3.8) is 0 Å². The van der Waals surface area contributed by atoms with Gasteiger partial charge in [-0.1, -0.05) is 12.1 Å². The molecule has 0 aliphatic carbocycles. The predicted molar refractivity (Wildman–Crippen MR) is 119 cm³/mol. The SMILES string of the molecule is COC(=O)C[C@@H](c1ccc(C(=O)OC)cc1)c1oc(CSc2ccc(F)cc2F)cc(=O)c1O. The van der Waals surface area contributed by atoms with Crippen LogP contribution < -0.4 is 5.43 Å². The molecule has 34 heavy (non-hydrogen) atoms. The van der Waals surface area contributed by atoms with E-state index in [1.54, 1.807) is 0 Å². The molecule has 10 heteroatoms. The number of carbonyl (C=O) groups excluding carboxylic acids is 2. The molecule has 178 valence electrons. The minimum absolute atomic E-state index is 0.00268. The van der Waals surface area contributed by atoms with Gasteiger partial charge in [0.15, 0.2) is 5.76 Å². The van der Waals surface area contributed by atoms with Gasteiger partial charge in [0.2, 0.25) is 11.2 Å². The Hall–Kier alpha value is -3.66. The fourth-order valence-corrected chi connectivity index (χ4v) is 3.99. The molecule has 0 radical (unpaired) electrons. The number of thioether (sulfide) groups is 1. The molecule has 0 spiro atoms. The Kier molecular flexibility index (Phi) is 8.06. The number of benzene rings is 2. The van der Waals surface area contributed by atoms with Crippen molar-refractivity contribution in [3.05, 3.63) is 93.0 Å². The van der Waals surface area contributed by atoms with Crippen molar-refractivity contribution in [1.82, 2.24) is 0 Å². The summed E-state index contributed by atoms with van der Waals surface area (Å²) in [7, 11) is 2.43. The Bertz CT molecular complexity index is 1260. The Labute approximate surface area is 197 Å². The van der Waals surface area contributed by atoms with Gasteiger partial charge in [0.1, 0.15) is 17.4 Å². The molecule has 0 aliphatic rings. The van der Waals surface area contributed by atoms with E-state index >= 15 is 0 Å². The van der Waals surface area contributed by atoms with Gasteiger partial charge in [-0.3, -0.25) is 9.59 Å². The van der Waals surface area contributed by atoms with Crippen molar-refractivity contribution < 1.29 is 37.4 Å². The van der Waals surface area contributed by atoms with Crippen LogP contribution in [0.1, 0.15) is 39.8 Å². The molecule has 1 atom stereocenters. The summed E-state index contributed by atoms with van der Waals surface area (Å²) < 4.78 is 42.3. The molecule has 0 unspecified atom stereocenters. The smallest absolute Gasteiger partial charge is 0.337 e. The monoisotopic (exact) mass is 490 g/mol. The summed E-state index contributed by atoms with van der Waals surface area (Å²) in [5.41, 5.74) is -0.0245. The van der Waals surface area contributed by atoms with E-state index in [1.165, 1.54) is 44.6 Å². The first kappa shape index (κ1) is 25.0. The summed E-state index contributed by atoms with van der Waals surface area (Å²) in [6.07, 6.45) is -0.270. The lowest BCUT2D eigenvalue weighted by Gasteiger charge is -2.18. The third-order valence-electron chi connectivity index (χ3n) is 4.91. The first-order valence-electron chi connectivity index (χ1n) is 9.92. The molecular weight excluding hydrogens is 470 g/mol. The molecular formula is C24H20F2O7S. The van der Waals surface area contributed by atoms with Crippen molar-refractivity contribution in [1.29, 1.82) is 0 Å². The number of halogens is 2. The van der Waals surface area contributed by atoms with Crippen LogP contribution in [0.5, 0.6) is 5.75 Å². The van der Waals surface area contributed by atoms with Crippen LogP contribution in [0.4, 0.5) is 8.78 Å². The Morgan fingerprint density at radius 3 is 2.38 bits per heavy atom. The van der Waals surface area contributed by atoms with Crippen LogP contribution in [-0.2, 0) is 20.0 Å². The van der Waals surface area contributed by atoms with Crippen LogP contribution in [-0.4, -0.2) is 31.3 Å². The van der Waals surface area contributed by atoms with E-state index in [1.807, 2.05) is 0 Å². The second kappa shape index (κ2) is 11.0. The molecule has 0 saturated heterocycles. The Morgan fingerprint density at radius 2 is 1.76 bits per heavy atom. The number of rotatable bonds is 8. The average Bonchev–Trinajstić information content (AvgIpc) is 2.83. The molecule has 0 fully saturated rings. The van der Waals surface area contributed by atoms with Gasteiger partial charge < -0.3 is 19.0 Å². The second-order valence-electron chi connectivity index (χ2n) is 7.10. The van der Waals surface area contributed by atoms with Crippen LogP contribution in [0, 0.1) is 11.6 Å². The van der Waals surface area contributed by atoms with Crippen LogP contribution in [0.2, 0.25) is 0 Å². The third-order valence-corrected chi connectivity index (χ3v) is 5.98. The summed E-state index contributed by atoms with van der Waals surface area (Å²) in [6, 6.07) is 10.2. The van der Waals surface area contributed by atoms with E-state index in [0.717, 1.165) is 30.0 Å². The molecule has 0 amide bonds. The molecule has 1 aromatic heterocycles. The fourth-order valence-electron chi connectivity index (χ4n) is 3.18. The predicted octanol–water partition coefficient (Wildman–Crippen LogP) is 4.40. The minimum Gasteiger partial charge on any atom is -0.502 e. The standard InChI is InChI=1S/C24H20F2O7S/c1-31-21(28)11-17(13-3-5-14(6-4-13)24(30)32-2)23-22(29)19(27)10-16(33-23)12-34-20-8-7-15(25)9-18(20)26/h3-10,17,29H,11-12H2,1-2H3/t17-/m0/s1. The van der Waals surface area contributed by atoms with Crippen molar-refractivity contribution in [2.24, 2.45) is 0 Å². The normalized spacial score (nSPS) is 11.6. The summed E-state index contributed by atoms with van der Waals surface area (Å²) in [5.74, 6) is -4.35. The van der Waals surface area contributed by atoms with Crippen LogP contribution in [0.15, 0.2) is 62.6 Å². The zero-order valence-electron chi connectivity index (χ0n) is 18.2. The molecule has 1 heterocycles. The van der Waals surface area contributed by atoms with Crippen LogP contribution >= 0.6 is 11.8 Å². The molecule has 7 nitrogen and oxygen atoms in total. The Balaban J connectivity index is 1.97. The van der Waals surface area contributed by atoms with E-state index < -0.39 is 40.7 Å². The number of ether oxygens (including phenoxy) is 2. The molecule has 3 rings (SSSR count). The van der Waals surface area contributed by atoms with E-state index in [-0.39, 0.29) is 34.2 Å². The van der Waals surface area contributed by atoms with Gasteiger partial charge >= 0.3 is 11.9 Å². The number of methoxy groups -OCH3 is 2. The quantitative estimate of drug-likeness (QED) is 0.366. The maximum absolute atomic E-state index is 13.9. The number of hydrogen-bond acceptors (Lipinski definition) is 8. The molecule has 3 aromatic rings. The van der Waals surface area contributed by atoms with Gasteiger partial charge in [-0.25, -0.2) is 13.6 Å². The average molecular weight is 490 g/mol. The van der Waals surface area contributed by atoms with Crippen molar-refractivity contribution >= 4 is 23.7 Å². The van der Waals surface area contributed by atoms with E-state index in [0.29, 0.717) is 5.56 Å². The number of esters is 2. The van der Waals surface area contributed by atoms with Gasteiger partial charge in [-0.15, -0.1) is 11.8 Å². The molecule has 0 aliphatic heterocycles. The Morgan fingerprint density at radius 1 is 1.06 bits per heavy atom. The highest BCUT2D eigenvalue weighted by atomic mass is 32.2. The lowest BCUT2D eigenvalue weighted by molar-refractivity contribution is -0.140. The van der Waals surface area contributed by atoms with Crippen molar-refractivity contribution in [3.8, 4) is 5.75 Å². The molecule has 2 aromatic carbocycles. The highest BCUT2D eigenvalue weighted by molar-refractivity contribution is 7.98. The molecule has 1 N–H and O–H groups in total. The van der Waals surface area contributed by atoms with Crippen molar-refractivity contribution in [2.45, 2.75) is 23.0 Å². The summed E-state index contributed by atoms with van der Waals surface area (Å²) in [4.78, 5) is 36.4. The van der Waals surface area contributed by atoms with E-state index in [2.05, 4.69) is 4.74 Å². The lowest BCUT2D eigenvalue weighted by Crippen LogP contribution is -2.14. The fraction of sp³-hybridized carbons (Fsp3) is 0.208. The summed E-state index contributed by atoms with van der Waals surface area (Å²) >= 11 is 0.967. The van der Waals surface area contributed by atoms with Gasteiger partial charge in [0.25, 0.3) is 0 Å². The van der Waals surface area contributed by atoms with E-state index in [9.17, 15) is 28.3 Å². The number of aromatic hydroxyl groups is 1. The maximum atomic E-state index is 13.9. The highest BCUT2D eigenvalue weighted by Crippen LogP contribution is 2.35. The zero-order valence-corrected chi connectivity index (χ0v) is 19.0. The summed E-state index contributed by atoms with van der Waals surface area (Å²) in [6.45, 7) is 0. The number of carbonyl (C=O) groups is 2. The van der Waals surface area contributed by atoms with Gasteiger partial charge in [0, 0.05) is 17.0 Å². The minimum atomic E-state index is -0.917. The van der Waals surface area contributed by atoms with Gasteiger partial charge in [0.05, 0.1) is 37.9 Å². The number of hydrogen-bond donors (Lipinski definition) is 1.